The molecule has 1 aliphatic heterocycles. The van der Waals surface area contributed by atoms with E-state index in [2.05, 4.69) is 41.2 Å². The largest absolute Gasteiger partial charge is 0.496 e. The van der Waals surface area contributed by atoms with Gasteiger partial charge < -0.3 is 19.9 Å². The lowest BCUT2D eigenvalue weighted by Gasteiger charge is -2.34. The number of hydrogen-bond acceptors (Lipinski definition) is 4. The molecule has 1 amide bonds. The summed E-state index contributed by atoms with van der Waals surface area (Å²) in [6.45, 7) is 6.20. The van der Waals surface area contributed by atoms with Gasteiger partial charge in [0.15, 0.2) is 0 Å². The van der Waals surface area contributed by atoms with E-state index in [0.29, 0.717) is 6.42 Å². The van der Waals surface area contributed by atoms with Crippen LogP contribution in [0.2, 0.25) is 0 Å². The third-order valence-electron chi connectivity index (χ3n) is 4.76. The molecule has 5 nitrogen and oxygen atoms in total. The molecule has 2 aromatic rings. The second kappa shape index (κ2) is 8.23. The van der Waals surface area contributed by atoms with E-state index in [1.54, 1.807) is 7.11 Å². The molecular formula is C21H27N3O2. The molecular weight excluding hydrogens is 326 g/mol. The maximum atomic E-state index is 12.5. The zero-order valence-electron chi connectivity index (χ0n) is 15.8. The summed E-state index contributed by atoms with van der Waals surface area (Å²) in [5.74, 6) is 0.703. The fraction of sp³-hybridized carbons (Fsp3) is 0.381. The van der Waals surface area contributed by atoms with Crippen LogP contribution in [0.1, 0.15) is 11.1 Å². The number of carbonyl (C=O) groups excluding carboxylic acids is 1. The second-order valence-corrected chi connectivity index (χ2v) is 6.88. The molecule has 138 valence electrons. The molecule has 0 radical (unpaired) electrons. The lowest BCUT2D eigenvalue weighted by Crippen LogP contribution is -2.44. The molecule has 1 heterocycles. The van der Waals surface area contributed by atoms with Crippen molar-refractivity contribution >= 4 is 17.3 Å². The van der Waals surface area contributed by atoms with Gasteiger partial charge in [0, 0.05) is 43.1 Å². The fourth-order valence-electron chi connectivity index (χ4n) is 3.31. The first-order valence-corrected chi connectivity index (χ1v) is 9.02. The molecule has 0 unspecified atom stereocenters. The minimum Gasteiger partial charge on any atom is -0.496 e. The monoisotopic (exact) mass is 353 g/mol. The van der Waals surface area contributed by atoms with Crippen molar-refractivity contribution in [3.05, 3.63) is 53.6 Å². The minimum atomic E-state index is -0.0376. The predicted molar refractivity (Wildman–Crippen MR) is 106 cm³/mol. The van der Waals surface area contributed by atoms with Gasteiger partial charge in [-0.15, -0.1) is 0 Å². The van der Waals surface area contributed by atoms with E-state index in [9.17, 15) is 4.79 Å². The molecule has 26 heavy (non-hydrogen) atoms. The van der Waals surface area contributed by atoms with Gasteiger partial charge in [-0.2, -0.15) is 0 Å². The highest BCUT2D eigenvalue weighted by Gasteiger charge is 2.16. The lowest BCUT2D eigenvalue weighted by molar-refractivity contribution is -0.115. The maximum absolute atomic E-state index is 12.5. The molecule has 0 aliphatic carbocycles. The Bertz CT molecular complexity index is 768. The number of aryl methyl sites for hydroxylation is 1. The van der Waals surface area contributed by atoms with Crippen LogP contribution in [0.4, 0.5) is 11.4 Å². The molecule has 0 saturated carbocycles. The molecule has 1 saturated heterocycles. The van der Waals surface area contributed by atoms with Crippen LogP contribution in [0, 0.1) is 6.92 Å². The molecule has 3 rings (SSSR count). The summed E-state index contributed by atoms with van der Waals surface area (Å²) in [5.41, 5.74) is 4.05. The van der Waals surface area contributed by atoms with E-state index in [1.807, 2.05) is 30.3 Å². The number of piperazine rings is 1. The molecule has 0 bridgehead atoms. The average molecular weight is 353 g/mol. The van der Waals surface area contributed by atoms with Crippen molar-refractivity contribution in [3.8, 4) is 5.75 Å². The number of amides is 1. The number of carbonyl (C=O) groups is 1. The summed E-state index contributed by atoms with van der Waals surface area (Å²) < 4.78 is 5.33. The van der Waals surface area contributed by atoms with Crippen molar-refractivity contribution in [3.63, 3.8) is 0 Å². The summed E-state index contributed by atoms with van der Waals surface area (Å²) >= 11 is 0. The van der Waals surface area contributed by atoms with Gasteiger partial charge in [0.25, 0.3) is 0 Å². The third-order valence-corrected chi connectivity index (χ3v) is 4.76. The number of anilines is 2. The Morgan fingerprint density at radius 2 is 1.85 bits per heavy atom. The number of rotatable bonds is 5. The number of nitrogens with zero attached hydrogens (tertiary/aromatic N) is 2. The summed E-state index contributed by atoms with van der Waals surface area (Å²) in [7, 11) is 3.77. The number of hydrogen-bond donors (Lipinski definition) is 1. The first kappa shape index (κ1) is 18.3. The quantitative estimate of drug-likeness (QED) is 0.898. The number of ether oxygens (including phenoxy) is 1. The highest BCUT2D eigenvalue weighted by Crippen LogP contribution is 2.24. The normalized spacial score (nSPS) is 15.0. The SMILES string of the molecule is COc1ccccc1CC(=O)Nc1cc(C)cc(N2CCN(C)CC2)c1. The Balaban J connectivity index is 1.70. The van der Waals surface area contributed by atoms with E-state index >= 15 is 0 Å². The van der Waals surface area contributed by atoms with E-state index in [0.717, 1.165) is 48.7 Å². The average Bonchev–Trinajstić information content (AvgIpc) is 2.62. The van der Waals surface area contributed by atoms with Crippen molar-refractivity contribution in [2.45, 2.75) is 13.3 Å². The predicted octanol–water partition coefficient (Wildman–Crippen LogP) is 2.94. The molecule has 1 N–H and O–H groups in total. The highest BCUT2D eigenvalue weighted by molar-refractivity contribution is 5.93. The minimum absolute atomic E-state index is 0.0376. The molecule has 0 atom stereocenters. The molecule has 2 aromatic carbocycles. The van der Waals surface area contributed by atoms with Crippen molar-refractivity contribution < 1.29 is 9.53 Å². The molecule has 0 spiro atoms. The maximum Gasteiger partial charge on any atom is 0.228 e. The summed E-state index contributed by atoms with van der Waals surface area (Å²) in [6.07, 6.45) is 0.293. The Labute approximate surface area is 155 Å². The Morgan fingerprint density at radius 1 is 1.12 bits per heavy atom. The number of para-hydroxylation sites is 1. The van der Waals surface area contributed by atoms with Crippen molar-refractivity contribution in [1.29, 1.82) is 0 Å². The van der Waals surface area contributed by atoms with E-state index in [-0.39, 0.29) is 5.91 Å². The number of methoxy groups -OCH3 is 1. The summed E-state index contributed by atoms with van der Waals surface area (Å²) in [6, 6.07) is 13.9. The van der Waals surface area contributed by atoms with Crippen molar-refractivity contribution in [2.75, 3.05) is 50.6 Å². The first-order chi connectivity index (χ1) is 12.5. The number of benzene rings is 2. The van der Waals surface area contributed by atoms with Crippen LogP contribution in [0.25, 0.3) is 0 Å². The lowest BCUT2D eigenvalue weighted by atomic mass is 10.1. The second-order valence-electron chi connectivity index (χ2n) is 6.88. The van der Waals surface area contributed by atoms with Crippen LogP contribution >= 0.6 is 0 Å². The first-order valence-electron chi connectivity index (χ1n) is 9.02. The van der Waals surface area contributed by atoms with E-state index in [4.69, 9.17) is 4.74 Å². The van der Waals surface area contributed by atoms with Crippen molar-refractivity contribution in [1.82, 2.24) is 4.90 Å². The topological polar surface area (TPSA) is 44.8 Å². The van der Waals surface area contributed by atoms with Gasteiger partial charge in [-0.25, -0.2) is 0 Å². The van der Waals surface area contributed by atoms with E-state index < -0.39 is 0 Å². The zero-order chi connectivity index (χ0) is 18.5. The van der Waals surface area contributed by atoms with E-state index in [1.165, 1.54) is 5.69 Å². The summed E-state index contributed by atoms with van der Waals surface area (Å²) in [4.78, 5) is 17.2. The molecule has 0 aromatic heterocycles. The molecule has 1 aliphatic rings. The van der Waals surface area contributed by atoms with Crippen molar-refractivity contribution in [2.24, 2.45) is 0 Å². The van der Waals surface area contributed by atoms with Gasteiger partial charge in [0.05, 0.1) is 13.5 Å². The van der Waals surface area contributed by atoms with Crippen LogP contribution in [0.15, 0.2) is 42.5 Å². The number of nitrogens with one attached hydrogen (secondary N) is 1. The highest BCUT2D eigenvalue weighted by atomic mass is 16.5. The van der Waals surface area contributed by atoms with Gasteiger partial charge in [0.1, 0.15) is 5.75 Å². The fourth-order valence-corrected chi connectivity index (χ4v) is 3.31. The van der Waals surface area contributed by atoms with Gasteiger partial charge in [-0.3, -0.25) is 4.79 Å². The smallest absolute Gasteiger partial charge is 0.228 e. The molecule has 5 heteroatoms. The summed E-state index contributed by atoms with van der Waals surface area (Å²) in [5, 5.41) is 3.04. The van der Waals surface area contributed by atoms with Crippen LogP contribution in [-0.4, -0.2) is 51.1 Å². The van der Waals surface area contributed by atoms with Gasteiger partial charge in [-0.1, -0.05) is 18.2 Å². The molecule has 1 fully saturated rings. The Morgan fingerprint density at radius 3 is 2.58 bits per heavy atom. The Kier molecular flexibility index (Phi) is 5.78. The van der Waals surface area contributed by atoms with Gasteiger partial charge in [0.2, 0.25) is 5.91 Å². The third kappa shape index (κ3) is 4.55. The standard InChI is InChI=1S/C21H27N3O2/c1-16-12-18(15-19(13-16)24-10-8-23(2)9-11-24)22-21(25)14-17-6-4-5-7-20(17)26-3/h4-7,12-13,15H,8-11,14H2,1-3H3,(H,22,25). The van der Waals surface area contributed by atoms with Gasteiger partial charge in [-0.05, 0) is 43.8 Å². The number of likely N-dealkylation sites (N-methyl/N-ethyl adjacent to an activating group) is 1. The van der Waals surface area contributed by atoms with Crippen LogP contribution in [0.5, 0.6) is 5.75 Å². The van der Waals surface area contributed by atoms with Crippen LogP contribution in [0.3, 0.4) is 0 Å². The Hall–Kier alpha value is -2.53. The zero-order valence-corrected chi connectivity index (χ0v) is 15.8. The van der Waals surface area contributed by atoms with Gasteiger partial charge >= 0.3 is 0 Å². The van der Waals surface area contributed by atoms with Crippen LogP contribution in [-0.2, 0) is 11.2 Å². The van der Waals surface area contributed by atoms with Crippen LogP contribution < -0.4 is 15.0 Å².